The van der Waals surface area contributed by atoms with Crippen molar-refractivity contribution < 1.29 is 4.52 Å². The van der Waals surface area contributed by atoms with Gasteiger partial charge in [0.05, 0.1) is 24.5 Å². The van der Waals surface area contributed by atoms with E-state index in [1.807, 2.05) is 31.6 Å². The van der Waals surface area contributed by atoms with Gasteiger partial charge in [0.1, 0.15) is 0 Å². The van der Waals surface area contributed by atoms with Gasteiger partial charge in [0.2, 0.25) is 0 Å². The van der Waals surface area contributed by atoms with E-state index in [2.05, 4.69) is 46.7 Å². The maximum Gasteiger partial charge on any atom is 0.191 e. The van der Waals surface area contributed by atoms with Crippen LogP contribution in [0, 0.1) is 13.8 Å². The molecule has 2 aromatic rings. The van der Waals surface area contributed by atoms with Gasteiger partial charge in [-0.05, 0) is 26.7 Å². The standard InChI is InChI=1S/C17H28N6O/c1-7-18-17(19-9-14-8-16(11(2)3)22-24-14)20-10-15-12(4)21-23(6)13(15)5/h8,11H,7,9-10H2,1-6H3,(H2,18,19,20). The number of rotatable bonds is 6. The largest absolute Gasteiger partial charge is 0.359 e. The molecule has 0 saturated carbocycles. The quantitative estimate of drug-likeness (QED) is 0.627. The van der Waals surface area contributed by atoms with Crippen molar-refractivity contribution in [3.63, 3.8) is 0 Å². The second-order valence-electron chi connectivity index (χ2n) is 6.19. The van der Waals surface area contributed by atoms with Crippen LogP contribution in [0.1, 0.15) is 55.1 Å². The van der Waals surface area contributed by atoms with Crippen molar-refractivity contribution in [2.75, 3.05) is 6.54 Å². The first-order valence-corrected chi connectivity index (χ1v) is 8.39. The fourth-order valence-electron chi connectivity index (χ4n) is 2.40. The Morgan fingerprint density at radius 2 is 2.08 bits per heavy atom. The molecule has 0 radical (unpaired) electrons. The highest BCUT2D eigenvalue weighted by atomic mass is 16.5. The Hall–Kier alpha value is -2.31. The van der Waals surface area contributed by atoms with Crippen LogP contribution >= 0.6 is 0 Å². The predicted molar refractivity (Wildman–Crippen MR) is 94.9 cm³/mol. The minimum Gasteiger partial charge on any atom is -0.359 e. The van der Waals surface area contributed by atoms with Crippen molar-refractivity contribution in [1.82, 2.24) is 25.6 Å². The van der Waals surface area contributed by atoms with Crippen molar-refractivity contribution in [3.05, 3.63) is 34.5 Å². The molecule has 2 N–H and O–H groups in total. The Morgan fingerprint density at radius 3 is 2.62 bits per heavy atom. The highest BCUT2D eigenvalue weighted by molar-refractivity contribution is 5.79. The summed E-state index contributed by atoms with van der Waals surface area (Å²) in [6, 6.07) is 1.98. The molecular formula is C17H28N6O. The van der Waals surface area contributed by atoms with E-state index >= 15 is 0 Å². The molecule has 0 spiro atoms. The van der Waals surface area contributed by atoms with E-state index < -0.39 is 0 Å². The third-order valence-corrected chi connectivity index (χ3v) is 4.00. The first-order valence-electron chi connectivity index (χ1n) is 8.39. The zero-order valence-electron chi connectivity index (χ0n) is 15.5. The fraction of sp³-hybridized carbons (Fsp3) is 0.588. The van der Waals surface area contributed by atoms with Crippen LogP contribution in [0.15, 0.2) is 15.6 Å². The Morgan fingerprint density at radius 1 is 1.33 bits per heavy atom. The summed E-state index contributed by atoms with van der Waals surface area (Å²) >= 11 is 0. The number of aryl methyl sites for hydroxylation is 2. The highest BCUT2D eigenvalue weighted by Crippen LogP contribution is 2.14. The van der Waals surface area contributed by atoms with E-state index in [4.69, 9.17) is 4.52 Å². The van der Waals surface area contributed by atoms with Gasteiger partial charge in [-0.15, -0.1) is 0 Å². The van der Waals surface area contributed by atoms with Gasteiger partial charge in [0.15, 0.2) is 11.7 Å². The summed E-state index contributed by atoms with van der Waals surface area (Å²) in [5.74, 6) is 1.92. The number of aliphatic imine (C=N–C) groups is 1. The summed E-state index contributed by atoms with van der Waals surface area (Å²) < 4.78 is 7.24. The molecule has 0 saturated heterocycles. The summed E-state index contributed by atoms with van der Waals surface area (Å²) in [6.45, 7) is 12.3. The molecule has 0 unspecified atom stereocenters. The minimum atomic E-state index is 0.362. The van der Waals surface area contributed by atoms with Crippen molar-refractivity contribution >= 4 is 5.96 Å². The molecule has 0 amide bonds. The van der Waals surface area contributed by atoms with Gasteiger partial charge in [-0.1, -0.05) is 19.0 Å². The molecule has 24 heavy (non-hydrogen) atoms. The van der Waals surface area contributed by atoms with Crippen molar-refractivity contribution in [1.29, 1.82) is 0 Å². The van der Waals surface area contributed by atoms with Crippen molar-refractivity contribution in [2.45, 2.75) is 53.6 Å². The third-order valence-electron chi connectivity index (χ3n) is 4.00. The summed E-state index contributed by atoms with van der Waals surface area (Å²) in [6.07, 6.45) is 0. The number of aromatic nitrogens is 3. The van der Waals surface area contributed by atoms with Gasteiger partial charge in [-0.25, -0.2) is 4.99 Å². The molecule has 0 aliphatic carbocycles. The maximum absolute atomic E-state index is 5.35. The lowest BCUT2D eigenvalue weighted by atomic mass is 10.1. The Bertz CT molecular complexity index is 698. The average Bonchev–Trinajstić information content (AvgIpc) is 3.09. The first kappa shape index (κ1) is 18.0. The lowest BCUT2D eigenvalue weighted by Crippen LogP contribution is -2.36. The molecule has 2 rings (SSSR count). The lowest BCUT2D eigenvalue weighted by Gasteiger charge is -2.10. The Balaban J connectivity index is 2.02. The SMILES string of the molecule is CCNC(=NCc1c(C)nn(C)c1C)NCc1cc(C(C)C)no1. The zero-order valence-corrected chi connectivity index (χ0v) is 15.5. The van der Waals surface area contributed by atoms with Crippen molar-refractivity contribution in [3.8, 4) is 0 Å². The Labute approximate surface area is 143 Å². The van der Waals surface area contributed by atoms with Crippen LogP contribution in [0.3, 0.4) is 0 Å². The summed E-state index contributed by atoms with van der Waals surface area (Å²) in [7, 11) is 1.95. The lowest BCUT2D eigenvalue weighted by molar-refractivity contribution is 0.372. The number of guanidine groups is 1. The van der Waals surface area contributed by atoms with Gasteiger partial charge < -0.3 is 15.2 Å². The molecule has 7 heteroatoms. The topological polar surface area (TPSA) is 80.3 Å². The van der Waals surface area contributed by atoms with E-state index in [-0.39, 0.29) is 0 Å². The van der Waals surface area contributed by atoms with E-state index in [0.717, 1.165) is 40.9 Å². The number of hydrogen-bond donors (Lipinski definition) is 2. The molecule has 0 atom stereocenters. The summed E-state index contributed by atoms with van der Waals surface area (Å²) in [4.78, 5) is 4.65. The number of hydrogen-bond acceptors (Lipinski definition) is 4. The molecule has 7 nitrogen and oxygen atoms in total. The fourth-order valence-corrected chi connectivity index (χ4v) is 2.40. The molecule has 2 heterocycles. The smallest absolute Gasteiger partial charge is 0.191 e. The van der Waals surface area contributed by atoms with Crippen molar-refractivity contribution in [2.24, 2.45) is 12.0 Å². The summed E-state index contributed by atoms with van der Waals surface area (Å²) in [5.41, 5.74) is 4.29. The molecule has 2 aromatic heterocycles. The number of nitrogens with zero attached hydrogens (tertiary/aromatic N) is 4. The molecule has 0 aliphatic rings. The molecule has 0 bridgehead atoms. The van der Waals surface area contributed by atoms with Gasteiger partial charge in [0, 0.05) is 30.9 Å². The highest BCUT2D eigenvalue weighted by Gasteiger charge is 2.10. The second kappa shape index (κ2) is 7.99. The molecule has 0 aliphatic heterocycles. The minimum absolute atomic E-state index is 0.362. The van der Waals surface area contributed by atoms with E-state index in [1.54, 1.807) is 0 Å². The normalized spacial score (nSPS) is 12.0. The molecule has 0 fully saturated rings. The Kier molecular flexibility index (Phi) is 6.00. The van der Waals surface area contributed by atoms with E-state index in [9.17, 15) is 0 Å². The van der Waals surface area contributed by atoms with Crippen LogP contribution in [0.2, 0.25) is 0 Å². The van der Waals surface area contributed by atoms with Crippen LogP contribution in [0.25, 0.3) is 0 Å². The monoisotopic (exact) mass is 332 g/mol. The molecule has 0 aromatic carbocycles. The van der Waals surface area contributed by atoms with Crippen LogP contribution in [0.4, 0.5) is 0 Å². The van der Waals surface area contributed by atoms with E-state index in [0.29, 0.717) is 19.0 Å². The average molecular weight is 332 g/mol. The zero-order chi connectivity index (χ0) is 17.7. The van der Waals surface area contributed by atoms with Gasteiger partial charge >= 0.3 is 0 Å². The summed E-state index contributed by atoms with van der Waals surface area (Å²) in [5, 5.41) is 15.0. The van der Waals surface area contributed by atoms with Crippen LogP contribution in [0.5, 0.6) is 0 Å². The molecular weight excluding hydrogens is 304 g/mol. The van der Waals surface area contributed by atoms with E-state index in [1.165, 1.54) is 0 Å². The first-order chi connectivity index (χ1) is 11.4. The third kappa shape index (κ3) is 4.37. The van der Waals surface area contributed by atoms with Gasteiger partial charge in [-0.2, -0.15) is 5.10 Å². The van der Waals surface area contributed by atoms with Crippen LogP contribution < -0.4 is 10.6 Å². The second-order valence-corrected chi connectivity index (χ2v) is 6.19. The molecule has 132 valence electrons. The van der Waals surface area contributed by atoms with Crippen LogP contribution in [-0.4, -0.2) is 27.4 Å². The maximum atomic E-state index is 5.35. The van der Waals surface area contributed by atoms with Gasteiger partial charge in [0.25, 0.3) is 0 Å². The number of nitrogens with one attached hydrogen (secondary N) is 2. The van der Waals surface area contributed by atoms with Crippen LogP contribution in [-0.2, 0) is 20.1 Å². The van der Waals surface area contributed by atoms with Gasteiger partial charge in [-0.3, -0.25) is 4.68 Å². The predicted octanol–water partition coefficient (Wildman–Crippen LogP) is 2.40.